The minimum absolute atomic E-state index is 0.0689. The highest BCUT2D eigenvalue weighted by atomic mass is 16.5. The Bertz CT molecular complexity index is 1450. The summed E-state index contributed by atoms with van der Waals surface area (Å²) < 4.78 is 7.53. The Kier molecular flexibility index (Phi) is 8.41. The van der Waals surface area contributed by atoms with E-state index in [-0.39, 0.29) is 24.7 Å². The van der Waals surface area contributed by atoms with Crippen molar-refractivity contribution >= 4 is 11.6 Å². The molecule has 38 heavy (non-hydrogen) atoms. The molecule has 2 atom stereocenters. The van der Waals surface area contributed by atoms with Crippen LogP contribution >= 0.6 is 0 Å². The van der Waals surface area contributed by atoms with Crippen LogP contribution in [0.15, 0.2) is 66.9 Å². The molecule has 0 aliphatic rings. The average molecular weight is 513 g/mol. The van der Waals surface area contributed by atoms with Crippen molar-refractivity contribution in [3.05, 3.63) is 89.2 Å². The van der Waals surface area contributed by atoms with E-state index in [0.717, 1.165) is 28.2 Å². The summed E-state index contributed by atoms with van der Waals surface area (Å²) in [5.41, 5.74) is 4.92. The van der Waals surface area contributed by atoms with Crippen LogP contribution in [0, 0.1) is 11.3 Å². The third-order valence-corrected chi connectivity index (χ3v) is 6.22. The summed E-state index contributed by atoms with van der Waals surface area (Å²) >= 11 is 0. The Morgan fingerprint density at radius 1 is 1.13 bits per heavy atom. The predicted molar refractivity (Wildman–Crippen MR) is 145 cm³/mol. The highest BCUT2D eigenvalue weighted by Gasteiger charge is 2.17. The van der Waals surface area contributed by atoms with Crippen LogP contribution in [0.4, 0.5) is 0 Å². The van der Waals surface area contributed by atoms with Gasteiger partial charge in [-0.05, 0) is 69.5 Å². The van der Waals surface area contributed by atoms with Crippen molar-refractivity contribution in [2.45, 2.75) is 51.9 Å². The Hall–Kier alpha value is -4.19. The summed E-state index contributed by atoms with van der Waals surface area (Å²) in [4.78, 5) is 17.6. The Balaban J connectivity index is 1.47. The van der Waals surface area contributed by atoms with Gasteiger partial charge in [-0.15, -0.1) is 0 Å². The Labute approximate surface area is 222 Å². The monoisotopic (exact) mass is 512 g/mol. The zero-order valence-corrected chi connectivity index (χ0v) is 21.8. The van der Waals surface area contributed by atoms with Crippen LogP contribution < -0.4 is 10.1 Å². The zero-order valence-electron chi connectivity index (χ0n) is 21.8. The van der Waals surface area contributed by atoms with Crippen molar-refractivity contribution in [3.8, 4) is 23.1 Å². The maximum Gasteiger partial charge on any atom is 0.251 e. The number of nitrogens with one attached hydrogen (secondary N) is 1. The lowest BCUT2D eigenvalue weighted by Crippen LogP contribution is -2.37. The minimum Gasteiger partial charge on any atom is -0.490 e. The summed E-state index contributed by atoms with van der Waals surface area (Å²) in [7, 11) is 0. The second kappa shape index (κ2) is 11.9. The van der Waals surface area contributed by atoms with Crippen molar-refractivity contribution in [1.82, 2.24) is 14.7 Å². The lowest BCUT2D eigenvalue weighted by molar-refractivity contribution is 0.0930. The maximum atomic E-state index is 13.0. The molecule has 0 saturated carbocycles. The number of nitrogens with zero attached hydrogens (tertiary/aromatic N) is 3. The molecular formula is C30H32N4O4. The summed E-state index contributed by atoms with van der Waals surface area (Å²) in [5, 5.41) is 32.1. The predicted octanol–water partition coefficient (Wildman–Crippen LogP) is 4.44. The molecule has 8 nitrogen and oxygen atoms in total. The number of imidazole rings is 1. The fraction of sp³-hybridized carbons (Fsp3) is 0.300. The van der Waals surface area contributed by atoms with E-state index in [4.69, 9.17) is 4.74 Å². The molecule has 8 heteroatoms. The number of ether oxygens (including phenoxy) is 1. The number of hydrogen-bond donors (Lipinski definition) is 3. The molecule has 2 aromatic heterocycles. The highest BCUT2D eigenvalue weighted by Crippen LogP contribution is 2.24. The maximum absolute atomic E-state index is 13.0. The van der Waals surface area contributed by atoms with E-state index in [1.165, 1.54) is 6.07 Å². The molecule has 3 N–H and O–H groups in total. The number of hydrogen-bond acceptors (Lipinski definition) is 6. The second-order valence-corrected chi connectivity index (χ2v) is 9.55. The number of pyridine rings is 1. The van der Waals surface area contributed by atoms with Gasteiger partial charge in [-0.1, -0.05) is 30.3 Å². The molecular weight excluding hydrogens is 480 g/mol. The number of carbonyl (C=O) groups excluding carboxylic acids is 1. The van der Waals surface area contributed by atoms with Gasteiger partial charge in [0.05, 0.1) is 29.2 Å². The molecule has 1 amide bonds. The first kappa shape index (κ1) is 26.9. The molecule has 0 fully saturated rings. The third kappa shape index (κ3) is 6.20. The molecule has 0 saturated heterocycles. The molecule has 0 unspecified atom stereocenters. The number of nitriles is 1. The number of benzene rings is 2. The number of aliphatic hydroxyl groups excluding tert-OH is 2. The summed E-state index contributed by atoms with van der Waals surface area (Å²) in [6.45, 7) is 5.40. The van der Waals surface area contributed by atoms with Gasteiger partial charge in [0, 0.05) is 30.0 Å². The van der Waals surface area contributed by atoms with E-state index in [2.05, 4.69) is 16.4 Å². The number of aromatic nitrogens is 2. The number of amides is 1. The molecule has 0 radical (unpaired) electrons. The van der Waals surface area contributed by atoms with Gasteiger partial charge in [-0.25, -0.2) is 4.98 Å². The molecule has 196 valence electrons. The molecule has 0 aliphatic heterocycles. The quantitative estimate of drug-likeness (QED) is 0.289. The van der Waals surface area contributed by atoms with Crippen molar-refractivity contribution in [3.63, 3.8) is 0 Å². The van der Waals surface area contributed by atoms with Crippen molar-refractivity contribution in [2.75, 3.05) is 6.61 Å². The van der Waals surface area contributed by atoms with Crippen molar-refractivity contribution in [1.29, 1.82) is 5.26 Å². The van der Waals surface area contributed by atoms with E-state index in [0.29, 0.717) is 29.7 Å². The van der Waals surface area contributed by atoms with Gasteiger partial charge >= 0.3 is 0 Å². The topological polar surface area (TPSA) is 120 Å². The normalized spacial score (nSPS) is 12.8. The number of aliphatic hydroxyl groups is 2. The average Bonchev–Trinajstić information content (AvgIpc) is 3.33. The smallest absolute Gasteiger partial charge is 0.251 e. The van der Waals surface area contributed by atoms with Crippen LogP contribution in [0.25, 0.3) is 16.9 Å². The molecule has 4 rings (SSSR count). The Morgan fingerprint density at radius 2 is 1.89 bits per heavy atom. The third-order valence-electron chi connectivity index (χ3n) is 6.22. The van der Waals surface area contributed by atoms with Gasteiger partial charge < -0.3 is 24.7 Å². The number of carbonyl (C=O) groups is 1. The van der Waals surface area contributed by atoms with E-state index in [9.17, 15) is 20.3 Å². The van der Waals surface area contributed by atoms with E-state index < -0.39 is 6.10 Å². The largest absolute Gasteiger partial charge is 0.490 e. The fourth-order valence-electron chi connectivity index (χ4n) is 4.37. The first-order chi connectivity index (χ1) is 18.3. The number of rotatable bonds is 10. The molecule has 0 aliphatic carbocycles. The highest BCUT2D eigenvalue weighted by molar-refractivity contribution is 5.95. The lowest BCUT2D eigenvalue weighted by atomic mass is 10.0. The summed E-state index contributed by atoms with van der Waals surface area (Å²) in [5.74, 6) is 0.130. The van der Waals surface area contributed by atoms with Crippen molar-refractivity contribution in [2.24, 2.45) is 0 Å². The van der Waals surface area contributed by atoms with Crippen LogP contribution in [-0.2, 0) is 6.42 Å². The fourth-order valence-corrected chi connectivity index (χ4v) is 4.37. The van der Waals surface area contributed by atoms with Crippen LogP contribution in [0.2, 0.25) is 0 Å². The van der Waals surface area contributed by atoms with Crippen LogP contribution in [0.3, 0.4) is 0 Å². The van der Waals surface area contributed by atoms with Crippen LogP contribution in [-0.4, -0.2) is 44.3 Å². The number of fused-ring (bicyclic) bond motifs is 1. The van der Waals surface area contributed by atoms with Crippen LogP contribution in [0.1, 0.15) is 60.5 Å². The molecule has 2 aromatic carbocycles. The molecule has 4 aromatic rings. The Morgan fingerprint density at radius 3 is 2.55 bits per heavy atom. The molecule has 0 spiro atoms. The summed E-state index contributed by atoms with van der Waals surface area (Å²) in [6.07, 6.45) is 2.13. The molecule has 0 bridgehead atoms. The standard InChI is InChI=1S/C30H32N4O4/c1-19(2)38-28-12-11-23(16-24(28)17-31)30(37)32-25(13-14-35)15-21-7-9-22(10-8-21)26-18-34-27(20(3)36)5-4-6-29(34)33-26/h4-12,16,18-20,25,35-36H,13-15H2,1-3H3,(H,32,37)/t20-,25-/m1/s1. The van der Waals surface area contributed by atoms with Gasteiger partial charge in [-0.2, -0.15) is 5.26 Å². The van der Waals surface area contributed by atoms with Gasteiger partial charge in [0.2, 0.25) is 0 Å². The second-order valence-electron chi connectivity index (χ2n) is 9.55. The zero-order chi connectivity index (χ0) is 27.2. The minimum atomic E-state index is -0.611. The van der Waals surface area contributed by atoms with Gasteiger partial charge in [0.15, 0.2) is 0 Å². The van der Waals surface area contributed by atoms with E-state index in [1.807, 2.05) is 66.9 Å². The van der Waals surface area contributed by atoms with Crippen molar-refractivity contribution < 1.29 is 19.7 Å². The molecule has 2 heterocycles. The summed E-state index contributed by atoms with van der Waals surface area (Å²) in [6, 6.07) is 20.2. The first-order valence-electron chi connectivity index (χ1n) is 12.7. The van der Waals surface area contributed by atoms with E-state index in [1.54, 1.807) is 19.1 Å². The first-order valence-corrected chi connectivity index (χ1v) is 12.7. The van der Waals surface area contributed by atoms with Gasteiger partial charge in [0.1, 0.15) is 17.5 Å². The van der Waals surface area contributed by atoms with Gasteiger partial charge in [-0.3, -0.25) is 4.79 Å². The lowest BCUT2D eigenvalue weighted by Gasteiger charge is -2.19. The SMILES string of the molecule is CC(C)Oc1ccc(C(=O)N[C@H](CCO)Cc2ccc(-c3cn4c([C@@H](C)O)cccc4n3)cc2)cc1C#N. The van der Waals surface area contributed by atoms with Gasteiger partial charge in [0.25, 0.3) is 5.91 Å². The van der Waals surface area contributed by atoms with E-state index >= 15 is 0 Å². The van der Waals surface area contributed by atoms with Crippen LogP contribution in [0.5, 0.6) is 5.75 Å².